The van der Waals surface area contributed by atoms with Crippen molar-refractivity contribution in [3.8, 4) is 11.1 Å². The molecule has 2 saturated heterocycles. The van der Waals surface area contributed by atoms with Gasteiger partial charge in [-0.3, -0.25) is 9.59 Å². The molecule has 0 radical (unpaired) electrons. The Morgan fingerprint density at radius 1 is 0.863 bits per heavy atom. The lowest BCUT2D eigenvalue weighted by atomic mass is 9.75. The fourth-order valence-corrected chi connectivity index (χ4v) is 6.70. The van der Waals surface area contributed by atoms with Gasteiger partial charge < -0.3 is 23.9 Å². The number of hydrogen-bond acceptors (Lipinski definition) is 7. The zero-order chi connectivity index (χ0) is 37.9. The van der Waals surface area contributed by atoms with Crippen molar-refractivity contribution in [2.24, 2.45) is 5.41 Å². The van der Waals surface area contributed by atoms with E-state index in [9.17, 15) is 9.59 Å². The van der Waals surface area contributed by atoms with Crippen molar-refractivity contribution in [3.05, 3.63) is 87.1 Å². The number of nitrogens with zero attached hydrogens (tertiary/aromatic N) is 1. The van der Waals surface area contributed by atoms with Crippen molar-refractivity contribution < 1.29 is 18.5 Å². The number of hydrogen-bond donors (Lipinski definition) is 1. The quantitative estimate of drug-likeness (QED) is 0.152. The first-order valence-corrected chi connectivity index (χ1v) is 18.7. The van der Waals surface area contributed by atoms with E-state index in [2.05, 4.69) is 37.1 Å². The molecule has 2 aliphatic rings. The van der Waals surface area contributed by atoms with Gasteiger partial charge in [0.15, 0.2) is 5.43 Å². The smallest absolute Gasteiger partial charge is 0.440 e. The first-order chi connectivity index (χ1) is 24.1. The fraction of sp³-hybridized carbons (Fsp3) is 0.488. The zero-order valence-electron chi connectivity index (χ0n) is 33.2. The molecule has 51 heavy (non-hydrogen) atoms. The number of nitrogens with one attached hydrogen (secondary N) is 1. The molecule has 3 aromatic carbocycles. The highest BCUT2D eigenvalue weighted by Crippen LogP contribution is 2.39. The molecule has 0 bridgehead atoms. The molecule has 0 amide bonds. The van der Waals surface area contributed by atoms with Crippen LogP contribution in [0.5, 0.6) is 0 Å². The molecular formula is C43H59BN2O5. The Bertz CT molecular complexity index is 1880. The second-order valence-corrected chi connectivity index (χ2v) is 15.2. The predicted octanol–water partition coefficient (Wildman–Crippen LogP) is 10.0. The molecule has 8 heteroatoms. The molecule has 7 nitrogen and oxygen atoms in total. The second kappa shape index (κ2) is 15.8. The number of aryl methyl sites for hydroxylation is 1. The van der Waals surface area contributed by atoms with Crippen molar-refractivity contribution in [2.45, 2.75) is 120 Å². The average Bonchev–Trinajstić information content (AvgIpc) is 3.33. The summed E-state index contributed by atoms with van der Waals surface area (Å²) in [5, 5.41) is 4.31. The summed E-state index contributed by atoms with van der Waals surface area (Å²) in [4.78, 5) is 28.3. The van der Waals surface area contributed by atoms with Crippen LogP contribution >= 0.6 is 0 Å². The number of carbonyl (C=O) groups is 1. The summed E-state index contributed by atoms with van der Waals surface area (Å²) in [6.07, 6.45) is 2.96. The SMILES string of the molecule is CC.CC.Cc1cc(C(C)Nc2ccccc2-c2ccc(B3OC(C)(C)C(C)(C)O3)c(C=O)c2)c2oc(N3CCC(C)(C)CC3)c(C)c(=O)c2c1. The third-order valence-corrected chi connectivity index (χ3v) is 10.6. The van der Waals surface area contributed by atoms with E-state index in [1.807, 2.05) is 118 Å². The van der Waals surface area contributed by atoms with Gasteiger partial charge in [0.05, 0.1) is 28.2 Å². The summed E-state index contributed by atoms with van der Waals surface area (Å²) in [6.45, 7) is 28.3. The van der Waals surface area contributed by atoms with E-state index >= 15 is 0 Å². The first-order valence-electron chi connectivity index (χ1n) is 18.7. The van der Waals surface area contributed by atoms with Gasteiger partial charge in [-0.2, -0.15) is 0 Å². The average molecular weight is 695 g/mol. The Morgan fingerprint density at radius 2 is 1.47 bits per heavy atom. The van der Waals surface area contributed by atoms with Gasteiger partial charge in [0, 0.05) is 35.5 Å². The van der Waals surface area contributed by atoms with Crippen LogP contribution in [0, 0.1) is 19.3 Å². The standard InChI is InChI=1S/C39H47BN2O5.2C2H6/c1-24-20-30(35-31(21-24)34(44)25(2)36(45-35)42-18-16-37(4,5)17-19-42)26(3)41-33-13-11-10-12-29(33)27-14-15-32(28(22-27)23-43)40-46-38(6,7)39(8,9)47-40;2*1-2/h10-15,20-23,26,41H,16-19H2,1-9H3;2*1-2H3. The van der Waals surface area contributed by atoms with Crippen molar-refractivity contribution in [2.75, 3.05) is 23.3 Å². The van der Waals surface area contributed by atoms with E-state index < -0.39 is 18.3 Å². The molecule has 1 aromatic heterocycles. The van der Waals surface area contributed by atoms with Gasteiger partial charge in [-0.15, -0.1) is 0 Å². The van der Waals surface area contributed by atoms with Crippen molar-refractivity contribution >= 4 is 41.4 Å². The van der Waals surface area contributed by atoms with E-state index in [0.29, 0.717) is 33.4 Å². The minimum atomic E-state index is -0.628. The van der Waals surface area contributed by atoms with E-state index in [0.717, 1.165) is 60.2 Å². The van der Waals surface area contributed by atoms with Gasteiger partial charge in [0.1, 0.15) is 11.9 Å². The van der Waals surface area contributed by atoms with Crippen LogP contribution in [0.15, 0.2) is 63.8 Å². The van der Waals surface area contributed by atoms with Crippen LogP contribution in [0.3, 0.4) is 0 Å². The maximum atomic E-state index is 13.7. The second-order valence-electron chi connectivity index (χ2n) is 15.2. The van der Waals surface area contributed by atoms with Gasteiger partial charge in [0.2, 0.25) is 5.88 Å². The molecule has 0 saturated carbocycles. The zero-order valence-corrected chi connectivity index (χ0v) is 33.2. The molecule has 2 fully saturated rings. The Morgan fingerprint density at radius 3 is 2.08 bits per heavy atom. The van der Waals surface area contributed by atoms with Crippen LogP contribution in [0.25, 0.3) is 22.1 Å². The number of benzene rings is 3. The Hall–Kier alpha value is -3.88. The largest absolute Gasteiger partial charge is 0.495 e. The van der Waals surface area contributed by atoms with Crippen LogP contribution < -0.4 is 21.1 Å². The van der Waals surface area contributed by atoms with E-state index in [4.69, 9.17) is 13.7 Å². The fourth-order valence-electron chi connectivity index (χ4n) is 6.70. The number of rotatable bonds is 7. The summed E-state index contributed by atoms with van der Waals surface area (Å²) in [7, 11) is -0.628. The molecule has 1 unspecified atom stereocenters. The topological polar surface area (TPSA) is 81.0 Å². The van der Waals surface area contributed by atoms with Crippen LogP contribution in [-0.4, -0.2) is 37.7 Å². The molecule has 4 aromatic rings. The lowest BCUT2D eigenvalue weighted by Gasteiger charge is -2.37. The van der Waals surface area contributed by atoms with Crippen molar-refractivity contribution in [3.63, 3.8) is 0 Å². The number of carbonyl (C=O) groups excluding carboxylic acids is 1. The molecule has 1 atom stereocenters. The van der Waals surface area contributed by atoms with Gasteiger partial charge in [0.25, 0.3) is 0 Å². The van der Waals surface area contributed by atoms with E-state index in [1.54, 1.807) is 0 Å². The monoisotopic (exact) mass is 694 g/mol. The van der Waals surface area contributed by atoms with Gasteiger partial charge in [-0.05, 0) is 102 Å². The minimum absolute atomic E-state index is 0.0205. The van der Waals surface area contributed by atoms with E-state index in [-0.39, 0.29) is 16.9 Å². The number of fused-ring (bicyclic) bond motifs is 1. The van der Waals surface area contributed by atoms with Crippen LogP contribution in [-0.2, 0) is 9.31 Å². The molecule has 0 spiro atoms. The van der Waals surface area contributed by atoms with E-state index in [1.165, 1.54) is 0 Å². The molecular weight excluding hydrogens is 635 g/mol. The maximum Gasteiger partial charge on any atom is 0.495 e. The predicted molar refractivity (Wildman–Crippen MR) is 215 cm³/mol. The first kappa shape index (κ1) is 39.9. The number of anilines is 2. The van der Waals surface area contributed by atoms with Gasteiger partial charge >= 0.3 is 7.12 Å². The molecule has 0 aliphatic carbocycles. The molecule has 6 rings (SSSR count). The minimum Gasteiger partial charge on any atom is -0.440 e. The highest BCUT2D eigenvalue weighted by atomic mass is 16.7. The molecule has 1 N–H and O–H groups in total. The van der Waals surface area contributed by atoms with Crippen LogP contribution in [0.1, 0.15) is 122 Å². The van der Waals surface area contributed by atoms with Gasteiger partial charge in [-0.25, -0.2) is 0 Å². The summed E-state index contributed by atoms with van der Waals surface area (Å²) < 4.78 is 19.2. The number of piperidine rings is 1. The third kappa shape index (κ3) is 8.13. The van der Waals surface area contributed by atoms with Crippen molar-refractivity contribution in [1.82, 2.24) is 0 Å². The summed E-state index contributed by atoms with van der Waals surface area (Å²) in [5.74, 6) is 0.680. The Labute approximate surface area is 306 Å². The summed E-state index contributed by atoms with van der Waals surface area (Å²) in [6, 6.07) is 17.7. The third-order valence-electron chi connectivity index (χ3n) is 10.6. The highest BCUT2D eigenvalue weighted by molar-refractivity contribution is 6.63. The van der Waals surface area contributed by atoms with Gasteiger partial charge in [-0.1, -0.05) is 77.9 Å². The summed E-state index contributed by atoms with van der Waals surface area (Å²) in [5.41, 5.74) is 6.50. The van der Waals surface area contributed by atoms with Crippen molar-refractivity contribution in [1.29, 1.82) is 0 Å². The number of para-hydroxylation sites is 1. The number of aldehydes is 1. The van der Waals surface area contributed by atoms with Crippen LogP contribution in [0.4, 0.5) is 11.6 Å². The Kier molecular flexibility index (Phi) is 12.4. The molecule has 2 aliphatic heterocycles. The lowest BCUT2D eigenvalue weighted by molar-refractivity contribution is 0.00578. The summed E-state index contributed by atoms with van der Waals surface area (Å²) >= 11 is 0. The lowest BCUT2D eigenvalue weighted by Crippen LogP contribution is -2.41. The molecule has 274 valence electrons. The maximum absolute atomic E-state index is 13.7. The molecule has 3 heterocycles. The Balaban J connectivity index is 0.00000141. The highest BCUT2D eigenvalue weighted by Gasteiger charge is 2.52. The normalized spacial score (nSPS) is 17.9. The van der Waals surface area contributed by atoms with Crippen LogP contribution in [0.2, 0.25) is 0 Å².